The summed E-state index contributed by atoms with van der Waals surface area (Å²) in [6, 6.07) is 1.73. The van der Waals surface area contributed by atoms with E-state index >= 15 is 0 Å². The molecule has 0 aromatic carbocycles. The number of nitro groups is 1. The third kappa shape index (κ3) is 2.39. The van der Waals surface area contributed by atoms with E-state index in [9.17, 15) is 10.1 Å². The Kier molecular flexibility index (Phi) is 3.69. The molecule has 1 aromatic heterocycles. The first-order valence-electron chi connectivity index (χ1n) is 5.65. The highest BCUT2D eigenvalue weighted by Gasteiger charge is 2.29. The number of hydrogen-bond donors (Lipinski definition) is 0. The molecule has 18 heavy (non-hydrogen) atoms. The molecule has 1 saturated heterocycles. The highest BCUT2D eigenvalue weighted by atomic mass is 16.7. The predicted octanol–water partition coefficient (Wildman–Crippen LogP) is 2.38. The molecule has 6 nitrogen and oxygen atoms in total. The number of ether oxygens (including phenoxy) is 2. The van der Waals surface area contributed by atoms with Crippen molar-refractivity contribution in [1.29, 1.82) is 0 Å². The zero-order valence-electron chi connectivity index (χ0n) is 10.3. The molecule has 1 fully saturated rings. The summed E-state index contributed by atoms with van der Waals surface area (Å²) < 4.78 is 10.7. The van der Waals surface area contributed by atoms with Gasteiger partial charge in [-0.1, -0.05) is 12.2 Å². The molecule has 1 aliphatic heterocycles. The van der Waals surface area contributed by atoms with E-state index in [1.54, 1.807) is 25.1 Å². The SMILES string of the molecule is C/C=C/c1cc(C)c(C2OCCO2)nc1[N+](=O)[O-]. The molecule has 1 aliphatic rings. The molecule has 2 rings (SSSR count). The molecule has 0 atom stereocenters. The summed E-state index contributed by atoms with van der Waals surface area (Å²) in [4.78, 5) is 14.6. The minimum absolute atomic E-state index is 0.173. The van der Waals surface area contributed by atoms with E-state index in [1.165, 1.54) is 0 Å². The second-order valence-corrected chi connectivity index (χ2v) is 3.93. The number of nitrogens with zero attached hydrogens (tertiary/aromatic N) is 2. The van der Waals surface area contributed by atoms with Crippen LogP contribution in [0.25, 0.3) is 6.08 Å². The zero-order chi connectivity index (χ0) is 13.1. The summed E-state index contributed by atoms with van der Waals surface area (Å²) in [6.45, 7) is 4.60. The molecule has 0 aliphatic carbocycles. The average Bonchev–Trinajstić information content (AvgIpc) is 2.82. The number of pyridine rings is 1. The molecular weight excluding hydrogens is 236 g/mol. The fourth-order valence-corrected chi connectivity index (χ4v) is 1.84. The van der Waals surface area contributed by atoms with Gasteiger partial charge in [0.25, 0.3) is 0 Å². The third-order valence-electron chi connectivity index (χ3n) is 2.62. The summed E-state index contributed by atoms with van der Waals surface area (Å²) in [5, 5.41) is 11.0. The molecule has 0 amide bonds. The van der Waals surface area contributed by atoms with Crippen molar-refractivity contribution in [2.45, 2.75) is 20.1 Å². The molecule has 0 spiro atoms. The quantitative estimate of drug-likeness (QED) is 0.608. The van der Waals surface area contributed by atoms with Gasteiger partial charge in [-0.2, -0.15) is 0 Å². The highest BCUT2D eigenvalue weighted by molar-refractivity contribution is 5.59. The van der Waals surface area contributed by atoms with Crippen molar-refractivity contribution in [3.63, 3.8) is 0 Å². The fourth-order valence-electron chi connectivity index (χ4n) is 1.84. The Morgan fingerprint density at radius 2 is 2.17 bits per heavy atom. The number of hydrogen-bond acceptors (Lipinski definition) is 5. The monoisotopic (exact) mass is 250 g/mol. The highest BCUT2D eigenvalue weighted by Crippen LogP contribution is 2.29. The maximum Gasteiger partial charge on any atom is 0.371 e. The van der Waals surface area contributed by atoms with E-state index in [2.05, 4.69) is 4.98 Å². The maximum absolute atomic E-state index is 11.0. The van der Waals surface area contributed by atoms with Crippen molar-refractivity contribution in [2.24, 2.45) is 0 Å². The lowest BCUT2D eigenvalue weighted by molar-refractivity contribution is -0.390. The summed E-state index contributed by atoms with van der Waals surface area (Å²) in [5.74, 6) is -0.173. The van der Waals surface area contributed by atoms with Gasteiger partial charge in [-0.05, 0) is 29.8 Å². The van der Waals surface area contributed by atoms with Crippen molar-refractivity contribution in [3.8, 4) is 0 Å². The van der Waals surface area contributed by atoms with E-state index in [4.69, 9.17) is 9.47 Å². The van der Waals surface area contributed by atoms with Crippen LogP contribution in [0.5, 0.6) is 0 Å². The van der Waals surface area contributed by atoms with Crippen LogP contribution in [0.3, 0.4) is 0 Å². The molecule has 0 unspecified atom stereocenters. The van der Waals surface area contributed by atoms with E-state index in [-0.39, 0.29) is 5.82 Å². The number of aromatic nitrogens is 1. The normalized spacial score (nSPS) is 16.6. The Labute approximate surface area is 104 Å². The topological polar surface area (TPSA) is 74.5 Å². The molecule has 0 radical (unpaired) electrons. The molecule has 1 aromatic rings. The van der Waals surface area contributed by atoms with Gasteiger partial charge >= 0.3 is 5.82 Å². The summed E-state index contributed by atoms with van der Waals surface area (Å²) in [6.07, 6.45) is 2.81. The van der Waals surface area contributed by atoms with E-state index in [0.717, 1.165) is 5.56 Å². The van der Waals surface area contributed by atoms with Crippen LogP contribution in [0.2, 0.25) is 0 Å². The van der Waals surface area contributed by atoms with E-state index < -0.39 is 11.2 Å². The fraction of sp³-hybridized carbons (Fsp3) is 0.417. The average molecular weight is 250 g/mol. The Morgan fingerprint density at radius 3 is 2.72 bits per heavy atom. The standard InChI is InChI=1S/C12H14N2O4/c1-3-4-9-7-8(2)10(12-17-5-6-18-12)13-11(9)14(15)16/h3-4,7,12H,5-6H2,1-2H3/b4-3+. The van der Waals surface area contributed by atoms with Crippen LogP contribution in [0.15, 0.2) is 12.1 Å². The molecule has 2 heterocycles. The molecule has 0 saturated carbocycles. The maximum atomic E-state index is 11.0. The molecule has 6 heteroatoms. The second-order valence-electron chi connectivity index (χ2n) is 3.93. The largest absolute Gasteiger partial charge is 0.371 e. The Morgan fingerprint density at radius 1 is 1.50 bits per heavy atom. The van der Waals surface area contributed by atoms with Crippen molar-refractivity contribution < 1.29 is 14.4 Å². The van der Waals surface area contributed by atoms with Crippen LogP contribution in [0, 0.1) is 17.0 Å². The Bertz CT molecular complexity index is 493. The van der Waals surface area contributed by atoms with Crippen LogP contribution in [0.1, 0.15) is 30.0 Å². The molecule has 0 bridgehead atoms. The Hall–Kier alpha value is -1.79. The number of rotatable bonds is 3. The van der Waals surface area contributed by atoms with Crippen molar-refractivity contribution >= 4 is 11.9 Å². The van der Waals surface area contributed by atoms with Gasteiger partial charge in [-0.3, -0.25) is 0 Å². The Balaban J connectivity index is 2.48. The minimum atomic E-state index is -0.594. The van der Waals surface area contributed by atoms with Gasteiger partial charge in [-0.25, -0.2) is 0 Å². The second kappa shape index (κ2) is 5.24. The third-order valence-corrected chi connectivity index (χ3v) is 2.62. The van der Waals surface area contributed by atoms with Gasteiger partial charge in [0.05, 0.1) is 18.8 Å². The predicted molar refractivity (Wildman–Crippen MR) is 65.0 cm³/mol. The van der Waals surface area contributed by atoms with Gasteiger partial charge in [0.2, 0.25) is 12.0 Å². The molecular formula is C12H14N2O4. The lowest BCUT2D eigenvalue weighted by atomic mass is 10.1. The van der Waals surface area contributed by atoms with Crippen molar-refractivity contribution in [3.05, 3.63) is 39.1 Å². The summed E-state index contributed by atoms with van der Waals surface area (Å²) in [7, 11) is 0. The summed E-state index contributed by atoms with van der Waals surface area (Å²) >= 11 is 0. The van der Waals surface area contributed by atoms with E-state index in [0.29, 0.717) is 24.5 Å². The van der Waals surface area contributed by atoms with Crippen LogP contribution in [-0.2, 0) is 9.47 Å². The van der Waals surface area contributed by atoms with Crippen LogP contribution in [0.4, 0.5) is 5.82 Å². The van der Waals surface area contributed by atoms with Crippen LogP contribution < -0.4 is 0 Å². The first-order valence-corrected chi connectivity index (χ1v) is 5.65. The molecule has 0 N–H and O–H groups in total. The molecule has 96 valence electrons. The number of aryl methyl sites for hydroxylation is 1. The lowest BCUT2D eigenvalue weighted by Gasteiger charge is -2.08. The van der Waals surface area contributed by atoms with Crippen molar-refractivity contribution in [1.82, 2.24) is 4.98 Å². The van der Waals surface area contributed by atoms with Gasteiger partial charge < -0.3 is 19.6 Å². The van der Waals surface area contributed by atoms with E-state index in [1.807, 2.05) is 6.92 Å². The minimum Gasteiger partial charge on any atom is -0.358 e. The smallest absolute Gasteiger partial charge is 0.358 e. The van der Waals surface area contributed by atoms with Crippen LogP contribution in [-0.4, -0.2) is 23.1 Å². The van der Waals surface area contributed by atoms with Gasteiger partial charge in [0.1, 0.15) is 0 Å². The first-order chi connectivity index (χ1) is 8.63. The van der Waals surface area contributed by atoms with Crippen molar-refractivity contribution in [2.75, 3.05) is 13.2 Å². The zero-order valence-corrected chi connectivity index (χ0v) is 10.3. The van der Waals surface area contributed by atoms with Gasteiger partial charge in [0.15, 0.2) is 0 Å². The first kappa shape index (κ1) is 12.7. The van der Waals surface area contributed by atoms with Gasteiger partial charge in [-0.15, -0.1) is 0 Å². The lowest BCUT2D eigenvalue weighted by Crippen LogP contribution is -2.07. The van der Waals surface area contributed by atoms with Crippen LogP contribution >= 0.6 is 0 Å². The summed E-state index contributed by atoms with van der Waals surface area (Å²) in [5.41, 5.74) is 1.79. The number of allylic oxidation sites excluding steroid dienone is 1. The van der Waals surface area contributed by atoms with Gasteiger partial charge in [0, 0.05) is 5.56 Å².